The summed E-state index contributed by atoms with van der Waals surface area (Å²) in [6.45, 7) is 5.66. The molecule has 2 amide bonds. The summed E-state index contributed by atoms with van der Waals surface area (Å²) in [5.74, 6) is 0.417. The molecule has 1 saturated heterocycles. The summed E-state index contributed by atoms with van der Waals surface area (Å²) in [7, 11) is 0. The van der Waals surface area contributed by atoms with Crippen LogP contribution in [0.2, 0.25) is 0 Å². The van der Waals surface area contributed by atoms with E-state index >= 15 is 0 Å². The number of thioether (sulfide) groups is 1. The average molecular weight is 393 g/mol. The topological polar surface area (TPSA) is 91.4 Å². The first-order chi connectivity index (χ1) is 13.0. The van der Waals surface area contributed by atoms with Crippen LogP contribution in [0.4, 0.5) is 4.79 Å². The number of carbonyl (C=O) groups excluding carboxylic acids is 3. The molecule has 0 radical (unpaired) electrons. The van der Waals surface area contributed by atoms with Gasteiger partial charge in [0.2, 0.25) is 6.79 Å². The Hall–Kier alpha value is -2.68. The second-order valence-electron chi connectivity index (χ2n) is 5.66. The molecule has 1 atom stereocenters. The maximum atomic E-state index is 12.7. The van der Waals surface area contributed by atoms with Gasteiger partial charge in [-0.15, -0.1) is 0 Å². The van der Waals surface area contributed by atoms with Crippen LogP contribution in [-0.4, -0.2) is 48.1 Å². The van der Waals surface area contributed by atoms with Gasteiger partial charge >= 0.3 is 5.97 Å². The molecule has 0 unspecified atom stereocenters. The zero-order chi connectivity index (χ0) is 19.6. The van der Waals surface area contributed by atoms with Crippen LogP contribution in [0, 0.1) is 0 Å². The second-order valence-corrected chi connectivity index (χ2v) is 6.65. The zero-order valence-electron chi connectivity index (χ0n) is 15.1. The predicted octanol–water partition coefficient (Wildman–Crippen LogP) is 2.80. The van der Waals surface area contributed by atoms with Gasteiger partial charge in [-0.3, -0.25) is 14.5 Å². The minimum Gasteiger partial charge on any atom is -0.493 e. The van der Waals surface area contributed by atoms with Crippen LogP contribution >= 0.6 is 11.8 Å². The standard InChI is InChI=1S/C18H19NO7S/c1-4-23-12-8-14-13(25-9-26-14)6-11(12)7-15-16(20)19(18(22)27-15)10(3)17(21)24-5-2/h6-8,10H,4-5,9H2,1-3H3/b15-7-/t10-/m1/s1. The van der Waals surface area contributed by atoms with Crippen molar-refractivity contribution in [2.45, 2.75) is 26.8 Å². The summed E-state index contributed by atoms with van der Waals surface area (Å²) >= 11 is 0.764. The van der Waals surface area contributed by atoms with E-state index in [0.29, 0.717) is 29.4 Å². The number of nitrogens with zero attached hydrogens (tertiary/aromatic N) is 1. The number of hydrogen-bond donors (Lipinski definition) is 0. The van der Waals surface area contributed by atoms with Crippen LogP contribution in [0.1, 0.15) is 26.3 Å². The monoisotopic (exact) mass is 393 g/mol. The van der Waals surface area contributed by atoms with E-state index in [9.17, 15) is 14.4 Å². The lowest BCUT2D eigenvalue weighted by Gasteiger charge is -2.19. The molecule has 8 nitrogen and oxygen atoms in total. The third-order valence-corrected chi connectivity index (χ3v) is 4.81. The van der Waals surface area contributed by atoms with E-state index in [1.165, 1.54) is 6.92 Å². The first-order valence-electron chi connectivity index (χ1n) is 8.46. The van der Waals surface area contributed by atoms with Gasteiger partial charge in [0.05, 0.1) is 18.1 Å². The largest absolute Gasteiger partial charge is 0.493 e. The van der Waals surface area contributed by atoms with Gasteiger partial charge in [-0.05, 0) is 44.7 Å². The van der Waals surface area contributed by atoms with Crippen molar-refractivity contribution in [1.82, 2.24) is 4.90 Å². The Morgan fingerprint density at radius 2 is 1.96 bits per heavy atom. The van der Waals surface area contributed by atoms with Crippen molar-refractivity contribution in [3.63, 3.8) is 0 Å². The number of ether oxygens (including phenoxy) is 4. The Balaban J connectivity index is 1.91. The Morgan fingerprint density at radius 3 is 2.63 bits per heavy atom. The first-order valence-corrected chi connectivity index (χ1v) is 9.28. The van der Waals surface area contributed by atoms with Gasteiger partial charge in [0.1, 0.15) is 11.8 Å². The summed E-state index contributed by atoms with van der Waals surface area (Å²) in [5.41, 5.74) is 0.579. The van der Waals surface area contributed by atoms with E-state index in [-0.39, 0.29) is 18.3 Å². The first kappa shape index (κ1) is 19.1. The second kappa shape index (κ2) is 7.91. The third kappa shape index (κ3) is 3.73. The molecule has 1 aromatic rings. The van der Waals surface area contributed by atoms with Crippen LogP contribution < -0.4 is 14.2 Å². The molecule has 9 heteroatoms. The van der Waals surface area contributed by atoms with Crippen LogP contribution in [0.5, 0.6) is 17.2 Å². The molecule has 0 spiro atoms. The van der Waals surface area contributed by atoms with Gasteiger partial charge in [-0.2, -0.15) is 0 Å². The lowest BCUT2D eigenvalue weighted by molar-refractivity contribution is -0.150. The highest BCUT2D eigenvalue weighted by Gasteiger charge is 2.41. The fourth-order valence-corrected chi connectivity index (χ4v) is 3.55. The van der Waals surface area contributed by atoms with Gasteiger partial charge in [0.25, 0.3) is 11.1 Å². The fraction of sp³-hybridized carbons (Fsp3) is 0.389. The molecular weight excluding hydrogens is 374 g/mol. The molecule has 0 N–H and O–H groups in total. The van der Waals surface area contributed by atoms with E-state index in [1.54, 1.807) is 25.1 Å². The third-order valence-electron chi connectivity index (χ3n) is 3.93. The van der Waals surface area contributed by atoms with E-state index in [0.717, 1.165) is 16.7 Å². The Labute approximate surface area is 160 Å². The van der Waals surface area contributed by atoms with E-state index in [4.69, 9.17) is 18.9 Å². The van der Waals surface area contributed by atoms with Crippen LogP contribution in [0.15, 0.2) is 17.0 Å². The molecule has 0 aromatic heterocycles. The van der Waals surface area contributed by atoms with E-state index in [1.807, 2.05) is 6.92 Å². The summed E-state index contributed by atoms with van der Waals surface area (Å²) in [4.78, 5) is 38.0. The maximum absolute atomic E-state index is 12.7. The molecule has 27 heavy (non-hydrogen) atoms. The normalized spacial score (nSPS) is 18.2. The van der Waals surface area contributed by atoms with Crippen LogP contribution in [0.3, 0.4) is 0 Å². The highest BCUT2D eigenvalue weighted by molar-refractivity contribution is 8.18. The summed E-state index contributed by atoms with van der Waals surface area (Å²) < 4.78 is 21.2. The molecule has 1 aromatic carbocycles. The molecular formula is C18H19NO7S. The maximum Gasteiger partial charge on any atom is 0.329 e. The average Bonchev–Trinajstić information content (AvgIpc) is 3.19. The number of hydrogen-bond acceptors (Lipinski definition) is 8. The number of rotatable bonds is 6. The number of fused-ring (bicyclic) bond motifs is 1. The summed E-state index contributed by atoms with van der Waals surface area (Å²) in [5, 5.41) is -0.523. The summed E-state index contributed by atoms with van der Waals surface area (Å²) in [6, 6.07) is 2.38. The van der Waals surface area contributed by atoms with Crippen LogP contribution in [0.25, 0.3) is 6.08 Å². The van der Waals surface area contributed by atoms with Crippen molar-refractivity contribution >= 4 is 35.0 Å². The minimum absolute atomic E-state index is 0.109. The molecule has 2 aliphatic heterocycles. The molecule has 2 aliphatic rings. The quantitative estimate of drug-likeness (QED) is 0.538. The molecule has 1 fully saturated rings. The SMILES string of the molecule is CCOC(=O)[C@@H](C)N1C(=O)S/C(=C\c2cc3c(cc2OCC)OCO3)C1=O. The van der Waals surface area contributed by atoms with Gasteiger partial charge in [0, 0.05) is 11.6 Å². The lowest BCUT2D eigenvalue weighted by atomic mass is 10.1. The van der Waals surface area contributed by atoms with Gasteiger partial charge in [0.15, 0.2) is 11.5 Å². The number of imide groups is 1. The summed E-state index contributed by atoms with van der Waals surface area (Å²) in [6.07, 6.45) is 1.55. The van der Waals surface area contributed by atoms with Gasteiger partial charge < -0.3 is 18.9 Å². The fourth-order valence-electron chi connectivity index (χ4n) is 2.66. The van der Waals surface area contributed by atoms with Crippen molar-refractivity contribution in [1.29, 1.82) is 0 Å². The highest BCUT2D eigenvalue weighted by atomic mass is 32.2. The van der Waals surface area contributed by atoms with Crippen molar-refractivity contribution in [2.75, 3.05) is 20.0 Å². The van der Waals surface area contributed by atoms with Crippen LogP contribution in [-0.2, 0) is 14.3 Å². The van der Waals surface area contributed by atoms with Crippen molar-refractivity contribution in [3.8, 4) is 17.2 Å². The van der Waals surface area contributed by atoms with Gasteiger partial charge in [-0.25, -0.2) is 4.79 Å². The molecule has 0 bridgehead atoms. The zero-order valence-corrected chi connectivity index (χ0v) is 16.0. The van der Waals surface area contributed by atoms with E-state index < -0.39 is 23.2 Å². The molecule has 144 valence electrons. The molecule has 0 aliphatic carbocycles. The number of amides is 2. The molecule has 3 rings (SSSR count). The minimum atomic E-state index is -0.994. The number of carbonyl (C=O) groups is 3. The Bertz CT molecular complexity index is 820. The Kier molecular flexibility index (Phi) is 5.59. The molecule has 2 heterocycles. The number of benzene rings is 1. The Morgan fingerprint density at radius 1 is 1.26 bits per heavy atom. The lowest BCUT2D eigenvalue weighted by Crippen LogP contribution is -2.42. The van der Waals surface area contributed by atoms with Crippen molar-refractivity contribution in [2.24, 2.45) is 0 Å². The van der Waals surface area contributed by atoms with E-state index in [2.05, 4.69) is 0 Å². The predicted molar refractivity (Wildman–Crippen MR) is 97.6 cm³/mol. The number of esters is 1. The van der Waals surface area contributed by atoms with Gasteiger partial charge in [-0.1, -0.05) is 0 Å². The van der Waals surface area contributed by atoms with Crippen molar-refractivity contribution in [3.05, 3.63) is 22.6 Å². The molecule has 0 saturated carbocycles. The highest BCUT2D eigenvalue weighted by Crippen LogP contribution is 2.41. The van der Waals surface area contributed by atoms with Crippen molar-refractivity contribution < 1.29 is 33.3 Å². The smallest absolute Gasteiger partial charge is 0.329 e.